The molecule has 19 heavy (non-hydrogen) atoms. The highest BCUT2D eigenvalue weighted by Gasteiger charge is 2.29. The standard InChI is InChI=1S/C17H25NO/c1-17(2,3)13-9-11-14(12-10-13)18-15-7-5-4-6-8-16(15)19/h4-8,13-14H,9-12H2,1-3H3,(H,18,19). The maximum Gasteiger partial charge on any atom is 0.201 e. The molecule has 104 valence electrons. The van der Waals surface area contributed by atoms with Crippen molar-refractivity contribution < 1.29 is 0 Å². The van der Waals surface area contributed by atoms with E-state index in [9.17, 15) is 4.79 Å². The van der Waals surface area contributed by atoms with Crippen LogP contribution in [0, 0.1) is 11.3 Å². The van der Waals surface area contributed by atoms with Gasteiger partial charge in [-0.25, -0.2) is 0 Å². The van der Waals surface area contributed by atoms with E-state index in [4.69, 9.17) is 0 Å². The maximum absolute atomic E-state index is 11.9. The maximum atomic E-state index is 11.9. The first-order chi connectivity index (χ1) is 8.97. The average molecular weight is 259 g/mol. The Labute approximate surface area is 116 Å². The summed E-state index contributed by atoms with van der Waals surface area (Å²) < 4.78 is 0. The molecule has 0 aliphatic heterocycles. The molecule has 0 atom stereocenters. The molecule has 2 nitrogen and oxygen atoms in total. The predicted molar refractivity (Wildman–Crippen MR) is 81.5 cm³/mol. The molecule has 1 saturated carbocycles. The van der Waals surface area contributed by atoms with Crippen LogP contribution in [-0.4, -0.2) is 6.04 Å². The summed E-state index contributed by atoms with van der Waals surface area (Å²) in [6, 6.07) is 9.58. The fraction of sp³-hybridized carbons (Fsp3) is 0.588. The summed E-state index contributed by atoms with van der Waals surface area (Å²) in [7, 11) is 0. The van der Waals surface area contributed by atoms with Crippen molar-refractivity contribution in [3.05, 3.63) is 40.6 Å². The van der Waals surface area contributed by atoms with Gasteiger partial charge in [-0.2, -0.15) is 0 Å². The average Bonchev–Trinajstić information content (AvgIpc) is 2.55. The molecule has 0 unspecified atom stereocenters. The van der Waals surface area contributed by atoms with Gasteiger partial charge in [0.05, 0.1) is 5.69 Å². The fourth-order valence-corrected chi connectivity index (χ4v) is 2.97. The minimum absolute atomic E-state index is 0.0861. The van der Waals surface area contributed by atoms with Gasteiger partial charge < -0.3 is 5.32 Å². The zero-order valence-electron chi connectivity index (χ0n) is 12.3. The van der Waals surface area contributed by atoms with Crippen molar-refractivity contribution in [2.45, 2.75) is 52.5 Å². The van der Waals surface area contributed by atoms with Crippen molar-refractivity contribution in [1.29, 1.82) is 0 Å². The third-order valence-electron chi connectivity index (χ3n) is 4.31. The van der Waals surface area contributed by atoms with Crippen LogP contribution >= 0.6 is 0 Å². The monoisotopic (exact) mass is 259 g/mol. The molecular weight excluding hydrogens is 234 g/mol. The Kier molecular flexibility index (Phi) is 4.28. The number of rotatable bonds is 2. The smallest absolute Gasteiger partial charge is 0.201 e. The van der Waals surface area contributed by atoms with Crippen LogP contribution in [0.1, 0.15) is 46.5 Å². The number of nitrogens with one attached hydrogen (secondary N) is 1. The molecule has 0 amide bonds. The molecular formula is C17H25NO. The van der Waals surface area contributed by atoms with Gasteiger partial charge in [0.15, 0.2) is 0 Å². The zero-order chi connectivity index (χ0) is 13.9. The highest BCUT2D eigenvalue weighted by atomic mass is 16.1. The first-order valence-electron chi connectivity index (χ1n) is 7.33. The second-order valence-electron chi connectivity index (χ2n) is 6.75. The van der Waals surface area contributed by atoms with Crippen LogP contribution in [0.25, 0.3) is 0 Å². The third-order valence-corrected chi connectivity index (χ3v) is 4.31. The van der Waals surface area contributed by atoms with Gasteiger partial charge in [-0.3, -0.25) is 4.79 Å². The molecule has 1 N–H and O–H groups in total. The Bertz CT molecular complexity index is 467. The zero-order valence-corrected chi connectivity index (χ0v) is 12.3. The van der Waals surface area contributed by atoms with Crippen molar-refractivity contribution in [3.63, 3.8) is 0 Å². The summed E-state index contributed by atoms with van der Waals surface area (Å²) >= 11 is 0. The molecule has 1 aliphatic rings. The molecule has 1 fully saturated rings. The molecule has 2 rings (SSSR count). The second kappa shape index (κ2) is 5.77. The van der Waals surface area contributed by atoms with Crippen molar-refractivity contribution in [1.82, 2.24) is 0 Å². The fourth-order valence-electron chi connectivity index (χ4n) is 2.97. The summed E-state index contributed by atoms with van der Waals surface area (Å²) in [5.41, 5.74) is 1.24. The van der Waals surface area contributed by atoms with Crippen molar-refractivity contribution >= 4 is 5.69 Å². The van der Waals surface area contributed by atoms with Gasteiger partial charge in [-0.15, -0.1) is 0 Å². The Morgan fingerprint density at radius 1 is 1.00 bits per heavy atom. The van der Waals surface area contributed by atoms with E-state index in [0.29, 0.717) is 11.5 Å². The molecule has 1 aromatic carbocycles. The van der Waals surface area contributed by atoms with Gasteiger partial charge in [0.1, 0.15) is 0 Å². The van der Waals surface area contributed by atoms with Gasteiger partial charge in [0, 0.05) is 6.04 Å². The van der Waals surface area contributed by atoms with Gasteiger partial charge in [-0.1, -0.05) is 39.0 Å². The molecule has 0 radical (unpaired) electrons. The number of hydrogen-bond donors (Lipinski definition) is 1. The highest BCUT2D eigenvalue weighted by Crippen LogP contribution is 2.38. The Morgan fingerprint density at radius 3 is 2.26 bits per heavy atom. The lowest BCUT2D eigenvalue weighted by Crippen LogP contribution is -2.32. The molecule has 0 bridgehead atoms. The van der Waals surface area contributed by atoms with Crippen molar-refractivity contribution in [3.8, 4) is 0 Å². The molecule has 2 heteroatoms. The van der Waals surface area contributed by atoms with Crippen molar-refractivity contribution in [2.75, 3.05) is 5.32 Å². The minimum Gasteiger partial charge on any atom is -0.379 e. The summed E-state index contributed by atoms with van der Waals surface area (Å²) in [5, 5.41) is 3.43. The van der Waals surface area contributed by atoms with E-state index < -0.39 is 0 Å². The minimum atomic E-state index is 0.0861. The Balaban J connectivity index is 1.97. The Hall–Kier alpha value is -1.31. The van der Waals surface area contributed by atoms with Crippen LogP contribution in [-0.2, 0) is 0 Å². The largest absolute Gasteiger partial charge is 0.379 e. The SMILES string of the molecule is CC(C)(C)C1CCC(Nc2cccccc2=O)CC1. The third kappa shape index (κ3) is 3.82. The second-order valence-corrected chi connectivity index (χ2v) is 6.75. The van der Waals surface area contributed by atoms with E-state index >= 15 is 0 Å². The van der Waals surface area contributed by atoms with Gasteiger partial charge in [-0.05, 0) is 49.1 Å². The van der Waals surface area contributed by atoms with Gasteiger partial charge in [0.25, 0.3) is 0 Å². The molecule has 0 aromatic heterocycles. The lowest BCUT2D eigenvalue weighted by molar-refractivity contribution is 0.173. The first kappa shape index (κ1) is 14.1. The molecule has 1 aliphatic carbocycles. The van der Waals surface area contributed by atoms with Gasteiger partial charge in [0.2, 0.25) is 5.43 Å². The quantitative estimate of drug-likeness (QED) is 0.867. The van der Waals surface area contributed by atoms with E-state index in [1.54, 1.807) is 12.1 Å². The molecule has 1 aromatic rings. The highest BCUT2D eigenvalue weighted by molar-refractivity contribution is 5.42. The first-order valence-corrected chi connectivity index (χ1v) is 7.33. The summed E-state index contributed by atoms with van der Waals surface area (Å²) in [4.78, 5) is 11.9. The summed E-state index contributed by atoms with van der Waals surface area (Å²) in [5.74, 6) is 0.809. The van der Waals surface area contributed by atoms with Crippen molar-refractivity contribution in [2.24, 2.45) is 11.3 Å². The normalized spacial score (nSPS) is 23.9. The summed E-state index contributed by atoms with van der Waals surface area (Å²) in [6.45, 7) is 7.00. The van der Waals surface area contributed by atoms with Crippen LogP contribution in [0.2, 0.25) is 0 Å². The topological polar surface area (TPSA) is 29.1 Å². The predicted octanol–water partition coefficient (Wildman–Crippen LogP) is 4.06. The van der Waals surface area contributed by atoms with Crippen LogP contribution in [0.3, 0.4) is 0 Å². The van der Waals surface area contributed by atoms with Crippen LogP contribution in [0.15, 0.2) is 35.1 Å². The molecule has 0 spiro atoms. The molecule has 0 saturated heterocycles. The van der Waals surface area contributed by atoms with Crippen LogP contribution in [0.4, 0.5) is 5.69 Å². The number of hydrogen-bond acceptors (Lipinski definition) is 2. The van der Waals surface area contributed by atoms with Crippen LogP contribution in [0.5, 0.6) is 0 Å². The molecule has 0 heterocycles. The van der Waals surface area contributed by atoms with Gasteiger partial charge >= 0.3 is 0 Å². The van der Waals surface area contributed by atoms with E-state index in [1.807, 2.05) is 18.2 Å². The van der Waals surface area contributed by atoms with E-state index in [-0.39, 0.29) is 5.43 Å². The van der Waals surface area contributed by atoms with E-state index in [1.165, 1.54) is 25.7 Å². The van der Waals surface area contributed by atoms with Crippen LogP contribution < -0.4 is 10.7 Å². The Morgan fingerprint density at radius 2 is 1.63 bits per heavy atom. The van der Waals surface area contributed by atoms with E-state index in [2.05, 4.69) is 26.1 Å². The van der Waals surface area contributed by atoms with E-state index in [0.717, 1.165) is 11.6 Å². The number of anilines is 1. The lowest BCUT2D eigenvalue weighted by atomic mass is 9.71. The lowest BCUT2D eigenvalue weighted by Gasteiger charge is -2.37. The summed E-state index contributed by atoms with van der Waals surface area (Å²) in [6.07, 6.45) is 4.85.